The van der Waals surface area contributed by atoms with Gasteiger partial charge in [0.1, 0.15) is 24.5 Å². The Morgan fingerprint density at radius 2 is 2.14 bits per heavy atom. The Morgan fingerprint density at radius 3 is 2.71 bits per heavy atom. The van der Waals surface area contributed by atoms with Crippen molar-refractivity contribution in [3.8, 4) is 5.75 Å². The number of aliphatic hydroxyl groups excluding tert-OH is 1. The van der Waals surface area contributed by atoms with E-state index < -0.39 is 12.2 Å². The zero-order valence-corrected chi connectivity index (χ0v) is 13.2. The second-order valence-electron chi connectivity index (χ2n) is 6.04. The molecule has 5 nitrogen and oxygen atoms in total. The number of nitrogens with zero attached hydrogens (tertiary/aromatic N) is 3. The van der Waals surface area contributed by atoms with Crippen molar-refractivity contribution in [1.29, 1.82) is 0 Å². The van der Waals surface area contributed by atoms with Crippen LogP contribution in [-0.4, -0.2) is 32.1 Å². The highest BCUT2D eigenvalue weighted by Gasteiger charge is 2.32. The zero-order chi connectivity index (χ0) is 15.5. The summed E-state index contributed by atoms with van der Waals surface area (Å²) >= 11 is 5.97. The third kappa shape index (κ3) is 4.44. The molecule has 1 heterocycles. The third-order valence-electron chi connectivity index (χ3n) is 3.16. The molecule has 2 unspecified atom stereocenters. The van der Waals surface area contributed by atoms with Crippen LogP contribution in [0.1, 0.15) is 20.8 Å². The molecule has 1 N–H and O–H groups in total. The maximum atomic E-state index is 10.6. The van der Waals surface area contributed by atoms with Crippen LogP contribution in [0.4, 0.5) is 0 Å². The van der Waals surface area contributed by atoms with Crippen LogP contribution in [0.5, 0.6) is 5.75 Å². The van der Waals surface area contributed by atoms with Gasteiger partial charge in [-0.25, -0.2) is 9.67 Å². The quantitative estimate of drug-likeness (QED) is 0.922. The van der Waals surface area contributed by atoms with Crippen LogP contribution in [-0.2, 0) is 6.54 Å². The van der Waals surface area contributed by atoms with Crippen LogP contribution in [0.3, 0.4) is 0 Å². The van der Waals surface area contributed by atoms with Crippen LogP contribution in [0, 0.1) is 5.41 Å². The minimum absolute atomic E-state index is 0.316. The van der Waals surface area contributed by atoms with Gasteiger partial charge in [-0.05, 0) is 23.6 Å². The fourth-order valence-electron chi connectivity index (χ4n) is 1.99. The molecule has 21 heavy (non-hydrogen) atoms. The van der Waals surface area contributed by atoms with Gasteiger partial charge in [-0.2, -0.15) is 5.10 Å². The molecule has 0 spiro atoms. The highest BCUT2D eigenvalue weighted by Crippen LogP contribution is 2.26. The maximum Gasteiger partial charge on any atom is 0.144 e. The van der Waals surface area contributed by atoms with Gasteiger partial charge in [-0.15, -0.1) is 0 Å². The van der Waals surface area contributed by atoms with E-state index in [0.29, 0.717) is 17.3 Å². The molecule has 6 heteroatoms. The van der Waals surface area contributed by atoms with Gasteiger partial charge in [0, 0.05) is 5.02 Å². The van der Waals surface area contributed by atoms with E-state index in [-0.39, 0.29) is 5.41 Å². The summed E-state index contributed by atoms with van der Waals surface area (Å²) in [5.74, 6) is 0.621. The van der Waals surface area contributed by atoms with Gasteiger partial charge in [0.25, 0.3) is 0 Å². The zero-order valence-electron chi connectivity index (χ0n) is 12.4. The normalized spacial score (nSPS) is 14.7. The van der Waals surface area contributed by atoms with Crippen molar-refractivity contribution >= 4 is 11.6 Å². The number of ether oxygens (including phenoxy) is 1. The first-order valence-corrected chi connectivity index (χ1v) is 7.17. The Balaban J connectivity index is 2.19. The van der Waals surface area contributed by atoms with Gasteiger partial charge in [0.2, 0.25) is 0 Å². The van der Waals surface area contributed by atoms with Crippen LogP contribution >= 0.6 is 11.6 Å². The van der Waals surface area contributed by atoms with Crippen LogP contribution < -0.4 is 4.74 Å². The number of halogens is 1. The lowest BCUT2D eigenvalue weighted by Crippen LogP contribution is -2.43. The molecular formula is C15H20ClN3O2. The van der Waals surface area contributed by atoms with E-state index in [4.69, 9.17) is 16.3 Å². The topological polar surface area (TPSA) is 60.2 Å². The lowest BCUT2D eigenvalue weighted by atomic mass is 9.85. The second kappa shape index (κ2) is 6.45. The van der Waals surface area contributed by atoms with Crippen molar-refractivity contribution in [2.45, 2.75) is 39.5 Å². The summed E-state index contributed by atoms with van der Waals surface area (Å²) in [6, 6.07) is 7.13. The first kappa shape index (κ1) is 15.8. The van der Waals surface area contributed by atoms with Crippen LogP contribution in [0.15, 0.2) is 36.9 Å². The molecule has 0 saturated heterocycles. The molecule has 1 aromatic carbocycles. The van der Waals surface area contributed by atoms with Crippen LogP contribution in [0.25, 0.3) is 0 Å². The smallest absolute Gasteiger partial charge is 0.144 e. The number of hydrogen-bond donors (Lipinski definition) is 1. The van der Waals surface area contributed by atoms with Crippen LogP contribution in [0.2, 0.25) is 5.02 Å². The summed E-state index contributed by atoms with van der Waals surface area (Å²) in [6.45, 7) is 6.30. The van der Waals surface area contributed by atoms with Crippen molar-refractivity contribution < 1.29 is 9.84 Å². The minimum atomic E-state index is -0.666. The van der Waals surface area contributed by atoms with Gasteiger partial charge in [0.15, 0.2) is 0 Å². The molecule has 0 aliphatic heterocycles. The third-order valence-corrected chi connectivity index (χ3v) is 3.39. The number of aliphatic hydroxyl groups is 1. The number of rotatable bonds is 5. The molecule has 1 aromatic heterocycles. The van der Waals surface area contributed by atoms with Gasteiger partial charge >= 0.3 is 0 Å². The molecule has 2 rings (SSSR count). The molecule has 2 atom stereocenters. The lowest BCUT2D eigenvalue weighted by Gasteiger charge is -2.33. The Kier molecular flexibility index (Phi) is 4.85. The molecule has 0 radical (unpaired) electrons. The van der Waals surface area contributed by atoms with E-state index in [1.807, 2.05) is 32.9 Å². The predicted octanol–water partition coefficient (Wildman–Crippen LogP) is 2.79. The van der Waals surface area contributed by atoms with E-state index in [0.717, 1.165) is 0 Å². The van der Waals surface area contributed by atoms with Crippen molar-refractivity contribution in [3.05, 3.63) is 41.9 Å². The predicted molar refractivity (Wildman–Crippen MR) is 81.4 cm³/mol. The van der Waals surface area contributed by atoms with E-state index in [1.165, 1.54) is 6.33 Å². The summed E-state index contributed by atoms with van der Waals surface area (Å²) in [5.41, 5.74) is -0.316. The van der Waals surface area contributed by atoms with E-state index >= 15 is 0 Å². The fourth-order valence-corrected chi connectivity index (χ4v) is 2.17. The van der Waals surface area contributed by atoms with E-state index in [1.54, 1.807) is 23.1 Å². The first-order chi connectivity index (χ1) is 9.86. The van der Waals surface area contributed by atoms with Gasteiger partial charge < -0.3 is 9.84 Å². The van der Waals surface area contributed by atoms with Crippen molar-refractivity contribution in [2.24, 2.45) is 5.41 Å². The highest BCUT2D eigenvalue weighted by atomic mass is 35.5. The largest absolute Gasteiger partial charge is 0.486 e. The minimum Gasteiger partial charge on any atom is -0.486 e. The lowest BCUT2D eigenvalue weighted by molar-refractivity contribution is -0.0396. The standard InChI is InChI=1S/C15H20ClN3O2/c1-15(2,3)14(20)13(8-19-10-17-9-18-19)21-12-6-4-5-11(16)7-12/h4-7,9-10,13-14,20H,8H2,1-3H3. The monoisotopic (exact) mass is 309 g/mol. The molecule has 0 amide bonds. The molecular weight excluding hydrogens is 290 g/mol. The van der Waals surface area contributed by atoms with Crippen molar-refractivity contribution in [2.75, 3.05) is 0 Å². The average molecular weight is 310 g/mol. The molecule has 0 fully saturated rings. The van der Waals surface area contributed by atoms with Gasteiger partial charge in [0.05, 0.1) is 12.6 Å². The Morgan fingerprint density at radius 1 is 1.38 bits per heavy atom. The molecule has 2 aromatic rings. The fraction of sp³-hybridized carbons (Fsp3) is 0.467. The Bertz CT molecular complexity index is 567. The molecule has 0 aliphatic carbocycles. The summed E-state index contributed by atoms with van der Waals surface area (Å²) in [6.07, 6.45) is 1.94. The molecule has 114 valence electrons. The summed E-state index contributed by atoms with van der Waals surface area (Å²) in [5, 5.41) is 15.2. The van der Waals surface area contributed by atoms with E-state index in [2.05, 4.69) is 10.1 Å². The SMILES string of the molecule is CC(C)(C)C(O)C(Cn1cncn1)Oc1cccc(Cl)c1. The molecule has 0 bridgehead atoms. The Labute approximate surface area is 129 Å². The highest BCUT2D eigenvalue weighted by molar-refractivity contribution is 6.30. The number of benzene rings is 1. The number of hydrogen-bond acceptors (Lipinski definition) is 4. The van der Waals surface area contributed by atoms with Gasteiger partial charge in [-0.3, -0.25) is 0 Å². The second-order valence-corrected chi connectivity index (χ2v) is 6.48. The average Bonchev–Trinajstić information content (AvgIpc) is 2.89. The van der Waals surface area contributed by atoms with Gasteiger partial charge in [-0.1, -0.05) is 38.4 Å². The van der Waals surface area contributed by atoms with E-state index in [9.17, 15) is 5.11 Å². The molecule has 0 saturated carbocycles. The summed E-state index contributed by atoms with van der Waals surface area (Å²) in [4.78, 5) is 3.91. The Hall–Kier alpha value is -1.59. The summed E-state index contributed by atoms with van der Waals surface area (Å²) < 4.78 is 7.58. The molecule has 0 aliphatic rings. The number of aromatic nitrogens is 3. The maximum absolute atomic E-state index is 10.6. The van der Waals surface area contributed by atoms with Crippen molar-refractivity contribution in [3.63, 3.8) is 0 Å². The van der Waals surface area contributed by atoms with Crippen molar-refractivity contribution in [1.82, 2.24) is 14.8 Å². The first-order valence-electron chi connectivity index (χ1n) is 6.79. The summed E-state index contributed by atoms with van der Waals surface area (Å²) in [7, 11) is 0.